The molecule has 0 saturated carbocycles. The monoisotopic (exact) mass is 334 g/mol. The second-order valence-corrected chi connectivity index (χ2v) is 9.06. The Balaban J connectivity index is 2.88. The Labute approximate surface area is 131 Å². The molecule has 0 amide bonds. The van der Waals surface area contributed by atoms with Crippen LogP contribution in [0.15, 0.2) is 18.2 Å². The van der Waals surface area contributed by atoms with Gasteiger partial charge in [0.15, 0.2) is 0 Å². The summed E-state index contributed by atoms with van der Waals surface area (Å²) in [4.78, 5) is 0. The molecule has 0 aromatic heterocycles. The summed E-state index contributed by atoms with van der Waals surface area (Å²) in [6.45, 7) is 8.34. The molecule has 1 aromatic rings. The van der Waals surface area contributed by atoms with Crippen molar-refractivity contribution in [3.8, 4) is 11.5 Å². The van der Waals surface area contributed by atoms with E-state index >= 15 is 0 Å². The van der Waals surface area contributed by atoms with Gasteiger partial charge in [-0.2, -0.15) is 0 Å². The Kier molecular flexibility index (Phi) is 5.93. The molecule has 0 aliphatic carbocycles. The predicted molar refractivity (Wildman–Crippen MR) is 86.0 cm³/mol. The van der Waals surface area contributed by atoms with E-state index in [0.29, 0.717) is 6.61 Å². The molecular weight excluding hydrogens is 312 g/mol. The third-order valence-electron chi connectivity index (χ3n) is 3.00. The molecule has 1 unspecified atom stereocenters. The summed E-state index contributed by atoms with van der Waals surface area (Å²) >= 11 is 0. The molecule has 1 aromatic carbocycles. The number of halogens is 1. The minimum atomic E-state index is -3.50. The third kappa shape index (κ3) is 6.14. The Morgan fingerprint density at radius 1 is 1.29 bits per heavy atom. The highest BCUT2D eigenvalue weighted by Crippen LogP contribution is 2.34. The molecule has 0 spiro atoms. The van der Waals surface area contributed by atoms with Gasteiger partial charge < -0.3 is 9.47 Å². The average Bonchev–Trinajstić information content (AvgIpc) is 2.33. The second kappa shape index (κ2) is 6.88. The molecule has 0 bridgehead atoms. The lowest BCUT2D eigenvalue weighted by atomic mass is 9.86. The van der Waals surface area contributed by atoms with E-state index < -0.39 is 9.05 Å². The van der Waals surface area contributed by atoms with Gasteiger partial charge in [0.25, 0.3) is 0 Å². The van der Waals surface area contributed by atoms with E-state index in [0.717, 1.165) is 17.1 Å². The molecule has 21 heavy (non-hydrogen) atoms. The molecule has 4 nitrogen and oxygen atoms in total. The fourth-order valence-electron chi connectivity index (χ4n) is 1.97. The lowest BCUT2D eigenvalue weighted by Gasteiger charge is -2.24. The van der Waals surface area contributed by atoms with Gasteiger partial charge in [0.1, 0.15) is 11.5 Å². The standard InChI is InChI=1S/C15H23ClO4S/c1-11(10-21(16,17)18)9-20-14-7-6-12(19-5)8-13(14)15(2,3)4/h6-8,11H,9-10H2,1-5H3. The highest BCUT2D eigenvalue weighted by Gasteiger charge is 2.21. The average molecular weight is 335 g/mol. The van der Waals surface area contributed by atoms with Crippen LogP contribution in [0, 0.1) is 5.92 Å². The summed E-state index contributed by atoms with van der Waals surface area (Å²) < 4.78 is 33.1. The van der Waals surface area contributed by atoms with Gasteiger partial charge in [-0.25, -0.2) is 8.42 Å². The highest BCUT2D eigenvalue weighted by atomic mass is 35.7. The maximum atomic E-state index is 11.1. The number of hydrogen-bond acceptors (Lipinski definition) is 4. The molecule has 0 aliphatic heterocycles. The maximum absolute atomic E-state index is 11.1. The normalized spacial score (nSPS) is 13.8. The minimum Gasteiger partial charge on any atom is -0.497 e. The topological polar surface area (TPSA) is 52.6 Å². The van der Waals surface area contributed by atoms with Gasteiger partial charge in [0.05, 0.1) is 19.5 Å². The smallest absolute Gasteiger partial charge is 0.232 e. The van der Waals surface area contributed by atoms with Gasteiger partial charge in [0, 0.05) is 22.2 Å². The Morgan fingerprint density at radius 2 is 1.90 bits per heavy atom. The van der Waals surface area contributed by atoms with Crippen LogP contribution in [0.4, 0.5) is 0 Å². The molecule has 120 valence electrons. The predicted octanol–water partition coefficient (Wildman–Crippen LogP) is 3.58. The van der Waals surface area contributed by atoms with E-state index in [2.05, 4.69) is 20.8 Å². The third-order valence-corrected chi connectivity index (χ3v) is 4.35. The SMILES string of the molecule is COc1ccc(OCC(C)CS(=O)(=O)Cl)c(C(C)(C)C)c1. The van der Waals surface area contributed by atoms with Crippen molar-refractivity contribution in [1.82, 2.24) is 0 Å². The van der Waals surface area contributed by atoms with E-state index in [1.165, 1.54) is 0 Å². The number of methoxy groups -OCH3 is 1. The van der Waals surface area contributed by atoms with E-state index in [-0.39, 0.29) is 17.1 Å². The molecular formula is C15H23ClO4S. The summed E-state index contributed by atoms with van der Waals surface area (Å²) in [5, 5.41) is 0. The largest absolute Gasteiger partial charge is 0.497 e. The van der Waals surface area contributed by atoms with Crippen molar-refractivity contribution in [3.63, 3.8) is 0 Å². The molecule has 0 heterocycles. The van der Waals surface area contributed by atoms with Crippen molar-refractivity contribution in [3.05, 3.63) is 23.8 Å². The molecule has 1 rings (SSSR count). The first-order valence-electron chi connectivity index (χ1n) is 6.76. The summed E-state index contributed by atoms with van der Waals surface area (Å²) in [7, 11) is 3.37. The lowest BCUT2D eigenvalue weighted by molar-refractivity contribution is 0.265. The molecule has 1 atom stereocenters. The summed E-state index contributed by atoms with van der Waals surface area (Å²) in [5.74, 6) is 1.23. The first-order chi connectivity index (χ1) is 9.53. The maximum Gasteiger partial charge on any atom is 0.232 e. The first-order valence-corrected chi connectivity index (χ1v) is 9.24. The van der Waals surface area contributed by atoms with Gasteiger partial charge >= 0.3 is 0 Å². The number of rotatable bonds is 6. The molecule has 6 heteroatoms. The molecule has 0 aliphatic rings. The van der Waals surface area contributed by atoms with Gasteiger partial charge in [-0.3, -0.25) is 0 Å². The fourth-order valence-corrected chi connectivity index (χ4v) is 3.39. The van der Waals surface area contributed by atoms with Crippen LogP contribution in [0.25, 0.3) is 0 Å². The van der Waals surface area contributed by atoms with Crippen LogP contribution in [0.1, 0.15) is 33.3 Å². The summed E-state index contributed by atoms with van der Waals surface area (Å²) in [6.07, 6.45) is 0. The first kappa shape index (κ1) is 18.1. The molecule has 0 radical (unpaired) electrons. The van der Waals surface area contributed by atoms with E-state index in [1.807, 2.05) is 18.2 Å². The zero-order valence-electron chi connectivity index (χ0n) is 13.1. The zero-order valence-corrected chi connectivity index (χ0v) is 14.7. The van der Waals surface area contributed by atoms with Crippen LogP contribution in [-0.2, 0) is 14.5 Å². The van der Waals surface area contributed by atoms with Crippen LogP contribution in [0.5, 0.6) is 11.5 Å². The fraction of sp³-hybridized carbons (Fsp3) is 0.600. The van der Waals surface area contributed by atoms with E-state index in [9.17, 15) is 8.42 Å². The second-order valence-electron chi connectivity index (χ2n) is 6.23. The number of hydrogen-bond donors (Lipinski definition) is 0. The summed E-state index contributed by atoms with van der Waals surface area (Å²) in [5.41, 5.74) is 0.911. The van der Waals surface area contributed by atoms with Crippen LogP contribution in [0.2, 0.25) is 0 Å². The van der Waals surface area contributed by atoms with Crippen molar-refractivity contribution in [2.24, 2.45) is 5.92 Å². The molecule has 0 N–H and O–H groups in total. The summed E-state index contributed by atoms with van der Waals surface area (Å²) in [6, 6.07) is 5.62. The van der Waals surface area contributed by atoms with Crippen LogP contribution < -0.4 is 9.47 Å². The van der Waals surface area contributed by atoms with Crippen LogP contribution in [0.3, 0.4) is 0 Å². The molecule has 0 fully saturated rings. The number of ether oxygens (including phenoxy) is 2. The van der Waals surface area contributed by atoms with Crippen molar-refractivity contribution >= 4 is 19.7 Å². The van der Waals surface area contributed by atoms with Crippen molar-refractivity contribution in [2.45, 2.75) is 33.1 Å². The Bertz CT molecular complexity index is 576. The van der Waals surface area contributed by atoms with Crippen LogP contribution >= 0.6 is 10.7 Å². The van der Waals surface area contributed by atoms with Crippen molar-refractivity contribution in [2.75, 3.05) is 19.5 Å². The molecule has 0 saturated heterocycles. The Hall–Kier alpha value is -0.940. The Morgan fingerprint density at radius 3 is 2.38 bits per heavy atom. The lowest BCUT2D eigenvalue weighted by Crippen LogP contribution is -2.19. The van der Waals surface area contributed by atoms with Gasteiger partial charge in [0.2, 0.25) is 9.05 Å². The van der Waals surface area contributed by atoms with Crippen LogP contribution in [-0.4, -0.2) is 27.9 Å². The van der Waals surface area contributed by atoms with Gasteiger partial charge in [-0.1, -0.05) is 27.7 Å². The van der Waals surface area contributed by atoms with E-state index in [4.69, 9.17) is 20.2 Å². The van der Waals surface area contributed by atoms with Gasteiger partial charge in [-0.05, 0) is 23.6 Å². The van der Waals surface area contributed by atoms with Crippen molar-refractivity contribution < 1.29 is 17.9 Å². The number of benzene rings is 1. The quantitative estimate of drug-likeness (QED) is 0.746. The van der Waals surface area contributed by atoms with Crippen molar-refractivity contribution in [1.29, 1.82) is 0 Å². The highest BCUT2D eigenvalue weighted by molar-refractivity contribution is 8.13. The minimum absolute atomic E-state index is 0.102. The zero-order chi connectivity index (χ0) is 16.3. The van der Waals surface area contributed by atoms with E-state index in [1.54, 1.807) is 14.0 Å². The van der Waals surface area contributed by atoms with Gasteiger partial charge in [-0.15, -0.1) is 0 Å².